The molecule has 0 spiro atoms. The van der Waals surface area contributed by atoms with Gasteiger partial charge in [0.25, 0.3) is 5.91 Å². The molecule has 3 rings (SSSR count). The second kappa shape index (κ2) is 7.90. The third-order valence-corrected chi connectivity index (χ3v) is 3.86. The number of nitrogens with one attached hydrogen (secondary N) is 2. The van der Waals surface area contributed by atoms with Gasteiger partial charge in [-0.25, -0.2) is 9.97 Å². The van der Waals surface area contributed by atoms with Crippen LogP contribution in [-0.2, 0) is 6.54 Å². The number of benzene rings is 2. The van der Waals surface area contributed by atoms with Crippen molar-refractivity contribution in [2.45, 2.75) is 13.5 Å². The highest BCUT2D eigenvalue weighted by atomic mass is 16.1. The highest BCUT2D eigenvalue weighted by Crippen LogP contribution is 2.12. The average molecular weight is 343 g/mol. The van der Waals surface area contributed by atoms with Crippen molar-refractivity contribution in [1.82, 2.24) is 9.97 Å². The highest BCUT2D eigenvalue weighted by molar-refractivity contribution is 6.03. The smallest absolute Gasteiger partial charge is 0.258 e. The van der Waals surface area contributed by atoms with E-state index in [1.807, 2.05) is 37.3 Å². The molecular formula is C20H17N5O. The molecule has 0 unspecified atom stereocenters. The van der Waals surface area contributed by atoms with Gasteiger partial charge in [0.2, 0.25) is 5.95 Å². The Hall–Kier alpha value is -3.72. The van der Waals surface area contributed by atoms with Gasteiger partial charge in [-0.1, -0.05) is 30.3 Å². The lowest BCUT2D eigenvalue weighted by atomic mass is 10.1. The van der Waals surface area contributed by atoms with Crippen molar-refractivity contribution in [2.24, 2.45) is 0 Å². The zero-order chi connectivity index (χ0) is 18.4. The number of aromatic nitrogens is 2. The zero-order valence-electron chi connectivity index (χ0n) is 14.2. The summed E-state index contributed by atoms with van der Waals surface area (Å²) in [6, 6.07) is 16.8. The van der Waals surface area contributed by atoms with Crippen LogP contribution < -0.4 is 10.6 Å². The van der Waals surface area contributed by atoms with Gasteiger partial charge in [0.1, 0.15) is 0 Å². The minimum absolute atomic E-state index is 0.328. The first kappa shape index (κ1) is 17.1. The molecule has 0 atom stereocenters. The Kier molecular flexibility index (Phi) is 5.20. The predicted molar refractivity (Wildman–Crippen MR) is 99.6 cm³/mol. The quantitative estimate of drug-likeness (QED) is 0.739. The molecule has 0 bridgehead atoms. The fourth-order valence-corrected chi connectivity index (χ4v) is 2.39. The van der Waals surface area contributed by atoms with Gasteiger partial charge in [-0.05, 0) is 36.2 Å². The molecule has 0 fully saturated rings. The van der Waals surface area contributed by atoms with Gasteiger partial charge >= 0.3 is 0 Å². The summed E-state index contributed by atoms with van der Waals surface area (Å²) in [7, 11) is 0. The van der Waals surface area contributed by atoms with Crippen LogP contribution in [0.25, 0.3) is 0 Å². The zero-order valence-corrected chi connectivity index (χ0v) is 14.2. The van der Waals surface area contributed by atoms with E-state index in [9.17, 15) is 4.79 Å². The summed E-state index contributed by atoms with van der Waals surface area (Å²) in [5.41, 5.74) is 3.73. The third kappa shape index (κ3) is 4.22. The van der Waals surface area contributed by atoms with Gasteiger partial charge in [0, 0.05) is 24.6 Å². The number of nitriles is 1. The van der Waals surface area contributed by atoms with Crippen molar-refractivity contribution in [3.05, 3.63) is 83.2 Å². The molecule has 3 aromatic rings. The van der Waals surface area contributed by atoms with E-state index in [1.165, 1.54) is 18.0 Å². The minimum Gasteiger partial charge on any atom is -0.350 e. The van der Waals surface area contributed by atoms with Crippen molar-refractivity contribution in [3.8, 4) is 6.07 Å². The largest absolute Gasteiger partial charge is 0.350 e. The molecule has 0 aliphatic carbocycles. The Bertz CT molecular complexity index is 960. The van der Waals surface area contributed by atoms with Crippen molar-refractivity contribution >= 4 is 17.5 Å². The number of anilines is 2. The number of carbonyl (C=O) groups is 1. The summed E-state index contributed by atoms with van der Waals surface area (Å²) in [5, 5.41) is 14.8. The number of hydrogen-bond donors (Lipinski definition) is 2. The Morgan fingerprint density at radius 2 is 1.88 bits per heavy atom. The molecule has 26 heavy (non-hydrogen) atoms. The molecule has 2 N–H and O–H groups in total. The molecule has 1 heterocycles. The lowest BCUT2D eigenvalue weighted by Crippen LogP contribution is -2.13. The normalized spacial score (nSPS) is 10.0. The van der Waals surface area contributed by atoms with Crippen molar-refractivity contribution in [1.29, 1.82) is 5.26 Å². The molecule has 0 aliphatic rings. The maximum absolute atomic E-state index is 12.3. The standard InChI is InChI=1S/C20H17N5O/c1-14-5-2-3-7-16(14)11-22-20-23-12-17(13-24-20)19(26)25-18-8-4-6-15(9-18)10-21/h2-9,12-13H,11H2,1H3,(H,25,26)(H,22,23,24). The lowest BCUT2D eigenvalue weighted by molar-refractivity contribution is 0.102. The Labute approximate surface area is 151 Å². The van der Waals surface area contributed by atoms with Crippen molar-refractivity contribution < 1.29 is 4.79 Å². The van der Waals surface area contributed by atoms with Crippen LogP contribution in [0, 0.1) is 18.3 Å². The van der Waals surface area contributed by atoms with Crippen LogP contribution in [0.3, 0.4) is 0 Å². The van der Waals surface area contributed by atoms with E-state index >= 15 is 0 Å². The number of nitrogens with zero attached hydrogens (tertiary/aromatic N) is 3. The second-order valence-electron chi connectivity index (χ2n) is 5.72. The Balaban J connectivity index is 1.62. The Morgan fingerprint density at radius 3 is 2.62 bits per heavy atom. The molecule has 6 heteroatoms. The van der Waals surface area contributed by atoms with Gasteiger partial charge in [-0.15, -0.1) is 0 Å². The molecule has 0 aliphatic heterocycles. The van der Waals surface area contributed by atoms with E-state index in [-0.39, 0.29) is 5.91 Å². The molecule has 0 saturated carbocycles. The van der Waals surface area contributed by atoms with Gasteiger partial charge in [-0.2, -0.15) is 5.26 Å². The molecular weight excluding hydrogens is 326 g/mol. The van der Waals surface area contributed by atoms with E-state index in [2.05, 4.69) is 20.6 Å². The monoisotopic (exact) mass is 343 g/mol. The first-order chi connectivity index (χ1) is 12.7. The summed E-state index contributed by atoms with van der Waals surface area (Å²) < 4.78 is 0. The number of rotatable bonds is 5. The molecule has 0 saturated heterocycles. The fourth-order valence-electron chi connectivity index (χ4n) is 2.39. The molecule has 128 valence electrons. The van der Waals surface area contributed by atoms with Crippen LogP contribution in [0.4, 0.5) is 11.6 Å². The average Bonchev–Trinajstić information content (AvgIpc) is 2.68. The minimum atomic E-state index is -0.328. The number of aryl methyl sites for hydroxylation is 1. The summed E-state index contributed by atoms with van der Waals surface area (Å²) in [4.78, 5) is 20.6. The van der Waals surface area contributed by atoms with Crippen LogP contribution >= 0.6 is 0 Å². The van der Waals surface area contributed by atoms with Gasteiger partial charge in [0.05, 0.1) is 17.2 Å². The molecule has 6 nitrogen and oxygen atoms in total. The molecule has 2 aromatic carbocycles. The van der Waals surface area contributed by atoms with Crippen LogP contribution in [-0.4, -0.2) is 15.9 Å². The van der Waals surface area contributed by atoms with E-state index in [0.29, 0.717) is 29.3 Å². The lowest BCUT2D eigenvalue weighted by Gasteiger charge is -2.08. The topological polar surface area (TPSA) is 90.7 Å². The number of hydrogen-bond acceptors (Lipinski definition) is 5. The third-order valence-electron chi connectivity index (χ3n) is 3.86. The van der Waals surface area contributed by atoms with Gasteiger partial charge in [-0.3, -0.25) is 4.79 Å². The number of amides is 1. The van der Waals surface area contributed by atoms with Crippen LogP contribution in [0.5, 0.6) is 0 Å². The SMILES string of the molecule is Cc1ccccc1CNc1ncc(C(=O)Nc2cccc(C#N)c2)cn1. The summed E-state index contributed by atoms with van der Waals surface area (Å²) in [5.74, 6) is 0.127. The first-order valence-corrected chi connectivity index (χ1v) is 8.07. The van der Waals surface area contributed by atoms with Crippen molar-refractivity contribution in [3.63, 3.8) is 0 Å². The van der Waals surface area contributed by atoms with E-state index in [0.717, 1.165) is 5.56 Å². The Morgan fingerprint density at radius 1 is 1.12 bits per heavy atom. The van der Waals surface area contributed by atoms with E-state index in [4.69, 9.17) is 5.26 Å². The summed E-state index contributed by atoms with van der Waals surface area (Å²) in [6.45, 7) is 2.66. The van der Waals surface area contributed by atoms with Gasteiger partial charge in [0.15, 0.2) is 0 Å². The summed E-state index contributed by atoms with van der Waals surface area (Å²) >= 11 is 0. The van der Waals surface area contributed by atoms with Crippen LogP contribution in [0.15, 0.2) is 60.9 Å². The van der Waals surface area contributed by atoms with E-state index in [1.54, 1.807) is 24.3 Å². The summed E-state index contributed by atoms with van der Waals surface area (Å²) in [6.07, 6.45) is 2.94. The maximum Gasteiger partial charge on any atom is 0.258 e. The highest BCUT2D eigenvalue weighted by Gasteiger charge is 2.08. The van der Waals surface area contributed by atoms with E-state index < -0.39 is 0 Å². The van der Waals surface area contributed by atoms with Crippen LogP contribution in [0.1, 0.15) is 27.0 Å². The molecule has 0 radical (unpaired) electrons. The molecule has 1 amide bonds. The maximum atomic E-state index is 12.3. The first-order valence-electron chi connectivity index (χ1n) is 8.07. The van der Waals surface area contributed by atoms with Crippen molar-refractivity contribution in [2.75, 3.05) is 10.6 Å². The van der Waals surface area contributed by atoms with Gasteiger partial charge < -0.3 is 10.6 Å². The predicted octanol–water partition coefficient (Wildman–Crippen LogP) is 3.52. The van der Waals surface area contributed by atoms with Crippen LogP contribution in [0.2, 0.25) is 0 Å². The second-order valence-corrected chi connectivity index (χ2v) is 5.72. The molecule has 1 aromatic heterocycles. The fraction of sp³-hybridized carbons (Fsp3) is 0.100. The number of carbonyl (C=O) groups excluding carboxylic acids is 1.